The molecule has 1 aliphatic heterocycles. The zero-order valence-electron chi connectivity index (χ0n) is 17.9. The van der Waals surface area contributed by atoms with Crippen molar-refractivity contribution < 1.29 is 9.21 Å². The van der Waals surface area contributed by atoms with E-state index in [0.29, 0.717) is 24.0 Å². The Hall–Kier alpha value is -3.87. The van der Waals surface area contributed by atoms with E-state index >= 15 is 0 Å². The van der Waals surface area contributed by atoms with Crippen molar-refractivity contribution in [1.82, 2.24) is 15.3 Å². The third-order valence-corrected chi connectivity index (χ3v) is 6.16. The van der Waals surface area contributed by atoms with E-state index in [1.54, 1.807) is 0 Å². The molecule has 0 spiro atoms. The summed E-state index contributed by atoms with van der Waals surface area (Å²) in [7, 11) is 0. The van der Waals surface area contributed by atoms with Crippen LogP contribution in [-0.2, 0) is 4.79 Å². The van der Waals surface area contributed by atoms with Gasteiger partial charge in [0, 0.05) is 40.4 Å². The van der Waals surface area contributed by atoms with Crippen LogP contribution in [-0.4, -0.2) is 21.7 Å². The monoisotopic (exact) mass is 425 g/mol. The second-order valence-electron chi connectivity index (χ2n) is 9.24. The number of para-hydroxylation sites is 3. The van der Waals surface area contributed by atoms with Crippen molar-refractivity contribution in [3.8, 4) is 0 Å². The lowest BCUT2D eigenvalue weighted by atomic mass is 9.73. The van der Waals surface area contributed by atoms with Gasteiger partial charge in [0.1, 0.15) is 11.6 Å². The number of guanidine groups is 1. The molecule has 32 heavy (non-hydrogen) atoms. The number of allylic oxidation sites excluding steroid dienone is 1. The molecule has 7 nitrogen and oxygen atoms in total. The van der Waals surface area contributed by atoms with Crippen molar-refractivity contribution in [2.75, 3.05) is 5.32 Å². The first-order valence-corrected chi connectivity index (χ1v) is 10.8. The SMILES string of the molecule is CC1(C)CC(=O)C2=C(C1)NC(Nc1nc3ccccc3o1)=NC2c1c[nH]c2ccccc12. The number of anilines is 1. The maximum atomic E-state index is 13.2. The van der Waals surface area contributed by atoms with Crippen LogP contribution in [0, 0.1) is 5.41 Å². The second kappa shape index (κ2) is 6.82. The molecule has 0 amide bonds. The van der Waals surface area contributed by atoms with Crippen LogP contribution >= 0.6 is 0 Å². The molecular formula is C25H23N5O2. The van der Waals surface area contributed by atoms with E-state index in [9.17, 15) is 4.79 Å². The number of aliphatic imine (C=N–C) groups is 1. The zero-order valence-corrected chi connectivity index (χ0v) is 17.9. The van der Waals surface area contributed by atoms with Crippen LogP contribution in [0.15, 0.2) is 75.4 Å². The molecule has 0 saturated heterocycles. The predicted octanol–water partition coefficient (Wildman–Crippen LogP) is 5.06. The molecule has 2 aliphatic rings. The van der Waals surface area contributed by atoms with E-state index in [4.69, 9.17) is 9.41 Å². The fraction of sp³-hybridized carbons (Fsp3) is 0.240. The number of carbonyl (C=O) groups is 1. The Morgan fingerprint density at radius 3 is 2.78 bits per heavy atom. The molecule has 3 N–H and O–H groups in total. The Kier molecular flexibility index (Phi) is 4.02. The Morgan fingerprint density at radius 1 is 1.09 bits per heavy atom. The molecule has 7 heteroatoms. The number of fused-ring (bicyclic) bond motifs is 2. The molecule has 160 valence electrons. The van der Waals surface area contributed by atoms with Crippen LogP contribution in [0.25, 0.3) is 22.0 Å². The molecule has 0 fully saturated rings. The maximum absolute atomic E-state index is 13.2. The van der Waals surface area contributed by atoms with Gasteiger partial charge in [0.05, 0.1) is 0 Å². The lowest BCUT2D eigenvalue weighted by molar-refractivity contribution is -0.118. The van der Waals surface area contributed by atoms with E-state index < -0.39 is 6.04 Å². The third-order valence-electron chi connectivity index (χ3n) is 6.16. The van der Waals surface area contributed by atoms with Gasteiger partial charge in [-0.05, 0) is 30.0 Å². The van der Waals surface area contributed by atoms with Crippen LogP contribution < -0.4 is 10.6 Å². The van der Waals surface area contributed by atoms with E-state index in [1.165, 1.54) is 0 Å². The summed E-state index contributed by atoms with van der Waals surface area (Å²) in [5.74, 6) is 0.666. The number of hydrogen-bond acceptors (Lipinski definition) is 6. The summed E-state index contributed by atoms with van der Waals surface area (Å²) in [6, 6.07) is 15.7. The minimum atomic E-state index is -0.405. The van der Waals surface area contributed by atoms with Crippen molar-refractivity contribution in [1.29, 1.82) is 0 Å². The fourth-order valence-corrected chi connectivity index (χ4v) is 4.77. The first-order valence-electron chi connectivity index (χ1n) is 10.8. The summed E-state index contributed by atoms with van der Waals surface area (Å²) in [6.07, 6.45) is 3.23. The average molecular weight is 425 g/mol. The normalized spacial score (nSPS) is 20.2. The lowest BCUT2D eigenvalue weighted by Crippen LogP contribution is -2.41. The van der Waals surface area contributed by atoms with E-state index in [2.05, 4.69) is 40.5 Å². The number of nitrogens with one attached hydrogen (secondary N) is 3. The van der Waals surface area contributed by atoms with Gasteiger partial charge in [0.25, 0.3) is 0 Å². The maximum Gasteiger partial charge on any atom is 0.302 e. The number of rotatable bonds is 2. The van der Waals surface area contributed by atoms with Gasteiger partial charge in [-0.3, -0.25) is 10.1 Å². The van der Waals surface area contributed by atoms with Gasteiger partial charge in [0.2, 0.25) is 5.96 Å². The molecule has 1 atom stereocenters. The van der Waals surface area contributed by atoms with Gasteiger partial charge in [0.15, 0.2) is 11.4 Å². The van der Waals surface area contributed by atoms with Crippen LogP contribution in [0.5, 0.6) is 0 Å². The summed E-state index contributed by atoms with van der Waals surface area (Å²) < 4.78 is 5.83. The minimum absolute atomic E-state index is 0.117. The van der Waals surface area contributed by atoms with Gasteiger partial charge < -0.3 is 14.7 Å². The molecule has 6 rings (SSSR count). The highest BCUT2D eigenvalue weighted by Gasteiger charge is 2.40. The van der Waals surface area contributed by atoms with Crippen LogP contribution in [0.2, 0.25) is 0 Å². The standard InChI is InChI=1S/C25H23N5O2/c1-25(2)11-18-21(19(31)12-25)22(15-13-26-16-8-4-3-7-14(15)16)29-23(27-18)30-24-28-17-9-5-6-10-20(17)32-24/h3-10,13,22,26H,11-12H2,1-2H3,(H2,27,28,29,30). The van der Waals surface area contributed by atoms with E-state index in [0.717, 1.165) is 39.7 Å². The highest BCUT2D eigenvalue weighted by Crippen LogP contribution is 2.44. The number of aromatic nitrogens is 2. The summed E-state index contributed by atoms with van der Waals surface area (Å²) >= 11 is 0. The Morgan fingerprint density at radius 2 is 1.91 bits per heavy atom. The predicted molar refractivity (Wildman–Crippen MR) is 124 cm³/mol. The van der Waals surface area contributed by atoms with Gasteiger partial charge in [-0.15, -0.1) is 0 Å². The quantitative estimate of drug-likeness (QED) is 0.417. The van der Waals surface area contributed by atoms with Crippen LogP contribution in [0.1, 0.15) is 38.3 Å². The number of ketones is 1. The van der Waals surface area contributed by atoms with Crippen LogP contribution in [0.4, 0.5) is 6.01 Å². The number of carbonyl (C=O) groups excluding carboxylic acids is 1. The average Bonchev–Trinajstić information content (AvgIpc) is 3.35. The number of oxazole rings is 1. The summed E-state index contributed by atoms with van der Waals surface area (Å²) in [5, 5.41) is 7.62. The number of H-pyrrole nitrogens is 1. The highest BCUT2D eigenvalue weighted by molar-refractivity contribution is 6.04. The minimum Gasteiger partial charge on any atom is -0.423 e. The van der Waals surface area contributed by atoms with Crippen molar-refractivity contribution in [3.63, 3.8) is 0 Å². The lowest BCUT2D eigenvalue weighted by Gasteiger charge is -2.37. The van der Waals surface area contributed by atoms with E-state index in [1.807, 2.05) is 48.7 Å². The highest BCUT2D eigenvalue weighted by atomic mass is 16.4. The van der Waals surface area contributed by atoms with E-state index in [-0.39, 0.29) is 11.2 Å². The topological polar surface area (TPSA) is 95.3 Å². The van der Waals surface area contributed by atoms with Gasteiger partial charge >= 0.3 is 6.01 Å². The molecule has 3 heterocycles. The number of aromatic amines is 1. The number of nitrogens with zero attached hydrogens (tertiary/aromatic N) is 2. The summed E-state index contributed by atoms with van der Waals surface area (Å²) in [4.78, 5) is 26.0. The second-order valence-corrected chi connectivity index (χ2v) is 9.24. The molecule has 2 aromatic heterocycles. The smallest absolute Gasteiger partial charge is 0.302 e. The molecule has 0 radical (unpaired) electrons. The number of hydrogen-bond donors (Lipinski definition) is 3. The number of Topliss-reactive ketones (excluding diaryl/α,β-unsaturated/α-hetero) is 1. The van der Waals surface area contributed by atoms with Gasteiger partial charge in [-0.25, -0.2) is 4.99 Å². The summed E-state index contributed by atoms with van der Waals surface area (Å²) in [5.41, 5.74) is 5.03. The first kappa shape index (κ1) is 18.9. The Bertz CT molecular complexity index is 1410. The van der Waals surface area contributed by atoms with Gasteiger partial charge in [-0.2, -0.15) is 4.98 Å². The fourth-order valence-electron chi connectivity index (χ4n) is 4.77. The Balaban J connectivity index is 1.45. The summed E-state index contributed by atoms with van der Waals surface area (Å²) in [6.45, 7) is 4.24. The zero-order chi connectivity index (χ0) is 21.9. The molecule has 1 unspecified atom stereocenters. The molecular weight excluding hydrogens is 402 g/mol. The third kappa shape index (κ3) is 3.09. The first-order chi connectivity index (χ1) is 15.5. The van der Waals surface area contributed by atoms with Crippen molar-refractivity contribution in [3.05, 3.63) is 71.6 Å². The van der Waals surface area contributed by atoms with Crippen molar-refractivity contribution in [2.45, 2.75) is 32.7 Å². The molecule has 2 aromatic carbocycles. The molecule has 0 saturated carbocycles. The molecule has 0 bridgehead atoms. The van der Waals surface area contributed by atoms with Crippen molar-refractivity contribution in [2.24, 2.45) is 10.4 Å². The molecule has 4 aromatic rings. The van der Waals surface area contributed by atoms with Crippen molar-refractivity contribution >= 4 is 39.8 Å². The molecule has 1 aliphatic carbocycles. The largest absolute Gasteiger partial charge is 0.423 e. The number of benzene rings is 2. The van der Waals surface area contributed by atoms with Gasteiger partial charge in [-0.1, -0.05) is 44.2 Å². The Labute approximate surface area is 184 Å². The van der Waals surface area contributed by atoms with Crippen LogP contribution in [0.3, 0.4) is 0 Å².